The van der Waals surface area contributed by atoms with Crippen molar-refractivity contribution in [1.82, 2.24) is 9.55 Å². The van der Waals surface area contributed by atoms with Crippen LogP contribution in [-0.2, 0) is 6.42 Å². The molecule has 0 unspecified atom stereocenters. The quantitative estimate of drug-likeness (QED) is 0.873. The van der Waals surface area contributed by atoms with Gasteiger partial charge in [0.15, 0.2) is 5.82 Å². The number of fused-ring (bicyclic) bond motifs is 3. The number of benzene rings is 1. The smallest absolute Gasteiger partial charge is 0.152 e. The number of aliphatic hydroxyl groups is 1. The van der Waals surface area contributed by atoms with Crippen molar-refractivity contribution in [3.8, 4) is 0 Å². The number of hydrogen-bond donors (Lipinski definition) is 1. The Bertz CT molecular complexity index is 567. The molecule has 1 atom stereocenters. The van der Waals surface area contributed by atoms with Crippen LogP contribution in [0.4, 0.5) is 4.39 Å². The van der Waals surface area contributed by atoms with Crippen LogP contribution in [0.5, 0.6) is 0 Å². The predicted octanol–water partition coefficient (Wildman–Crippen LogP) is 2.42. The third-order valence-electron chi connectivity index (χ3n) is 3.06. The van der Waals surface area contributed by atoms with Gasteiger partial charge in [-0.2, -0.15) is 0 Å². The Hall–Kier alpha value is -0.940. The maximum Gasteiger partial charge on any atom is 0.152 e. The molecule has 3 nitrogen and oxygen atoms in total. The summed E-state index contributed by atoms with van der Waals surface area (Å²) in [5, 5.41) is 9.28. The minimum atomic E-state index is -0.317. The Morgan fingerprint density at radius 3 is 3.12 bits per heavy atom. The van der Waals surface area contributed by atoms with E-state index < -0.39 is 0 Å². The standard InChI is InChI=1S/C11H10BrFN2O/c12-6-3-8(13)11-9(4-6)15-7(5-16)1-2-10(15)14-11/h3-4,7,16H,1-2,5H2/t7-/m0/s1. The number of rotatable bonds is 1. The molecule has 2 heterocycles. The molecule has 0 amide bonds. The Balaban J connectivity index is 2.33. The highest BCUT2D eigenvalue weighted by molar-refractivity contribution is 9.10. The second-order valence-electron chi connectivity index (χ2n) is 4.03. The first-order chi connectivity index (χ1) is 7.70. The molecule has 0 saturated carbocycles. The fraction of sp³-hybridized carbons (Fsp3) is 0.364. The maximum atomic E-state index is 13.7. The lowest BCUT2D eigenvalue weighted by molar-refractivity contribution is 0.235. The van der Waals surface area contributed by atoms with E-state index in [1.165, 1.54) is 6.07 Å². The lowest BCUT2D eigenvalue weighted by Gasteiger charge is -2.10. The molecule has 1 aliphatic rings. The number of hydrogen-bond acceptors (Lipinski definition) is 2. The first kappa shape index (κ1) is 10.2. The number of halogens is 2. The van der Waals surface area contributed by atoms with Crippen molar-refractivity contribution in [2.45, 2.75) is 18.9 Å². The third kappa shape index (κ3) is 1.31. The van der Waals surface area contributed by atoms with Crippen molar-refractivity contribution in [1.29, 1.82) is 0 Å². The molecule has 5 heteroatoms. The summed E-state index contributed by atoms with van der Waals surface area (Å²) in [6.45, 7) is 0.0760. The van der Waals surface area contributed by atoms with E-state index >= 15 is 0 Å². The van der Waals surface area contributed by atoms with E-state index in [1.807, 2.05) is 10.6 Å². The molecule has 1 aromatic carbocycles. The zero-order valence-corrected chi connectivity index (χ0v) is 10.0. The van der Waals surface area contributed by atoms with E-state index in [-0.39, 0.29) is 18.5 Å². The van der Waals surface area contributed by atoms with Crippen molar-refractivity contribution in [2.75, 3.05) is 6.61 Å². The predicted molar refractivity (Wildman–Crippen MR) is 61.8 cm³/mol. The van der Waals surface area contributed by atoms with Crippen LogP contribution in [0, 0.1) is 5.82 Å². The van der Waals surface area contributed by atoms with Crippen LogP contribution in [0.1, 0.15) is 18.3 Å². The molecule has 0 spiro atoms. The molecule has 0 radical (unpaired) electrons. The van der Waals surface area contributed by atoms with Crippen molar-refractivity contribution in [3.63, 3.8) is 0 Å². The van der Waals surface area contributed by atoms with Gasteiger partial charge < -0.3 is 9.67 Å². The Labute approximate surface area is 100 Å². The molecule has 3 rings (SSSR count). The van der Waals surface area contributed by atoms with Crippen LogP contribution in [-0.4, -0.2) is 21.3 Å². The highest BCUT2D eigenvalue weighted by Crippen LogP contribution is 2.33. The van der Waals surface area contributed by atoms with Gasteiger partial charge in [0.1, 0.15) is 11.3 Å². The lowest BCUT2D eigenvalue weighted by Crippen LogP contribution is -2.07. The number of aliphatic hydroxyl groups excluding tert-OH is 1. The van der Waals surface area contributed by atoms with Crippen LogP contribution in [0.15, 0.2) is 16.6 Å². The summed E-state index contributed by atoms with van der Waals surface area (Å²) >= 11 is 3.27. The van der Waals surface area contributed by atoms with Crippen molar-refractivity contribution >= 4 is 27.0 Å². The Kier molecular flexibility index (Phi) is 2.26. The van der Waals surface area contributed by atoms with Gasteiger partial charge in [-0.05, 0) is 18.6 Å². The van der Waals surface area contributed by atoms with E-state index in [1.54, 1.807) is 0 Å². The SMILES string of the molecule is OC[C@@H]1CCc2nc3c(F)cc(Br)cc3n21. The molecule has 1 aromatic heterocycles. The minimum absolute atomic E-state index is 0.0358. The van der Waals surface area contributed by atoms with Crippen LogP contribution in [0.2, 0.25) is 0 Å². The summed E-state index contributed by atoms with van der Waals surface area (Å²) < 4.78 is 16.3. The van der Waals surface area contributed by atoms with Crippen LogP contribution in [0.3, 0.4) is 0 Å². The molecule has 0 saturated heterocycles. The van der Waals surface area contributed by atoms with Crippen LogP contribution in [0.25, 0.3) is 11.0 Å². The zero-order valence-electron chi connectivity index (χ0n) is 8.45. The average Bonchev–Trinajstić information content (AvgIpc) is 2.77. The monoisotopic (exact) mass is 284 g/mol. The van der Waals surface area contributed by atoms with E-state index in [4.69, 9.17) is 0 Å². The summed E-state index contributed by atoms with van der Waals surface area (Å²) in [7, 11) is 0. The van der Waals surface area contributed by atoms with Gasteiger partial charge in [0, 0.05) is 10.9 Å². The Morgan fingerprint density at radius 2 is 2.38 bits per heavy atom. The second kappa shape index (κ2) is 3.53. The van der Waals surface area contributed by atoms with Gasteiger partial charge in [0.25, 0.3) is 0 Å². The molecule has 0 fully saturated rings. The largest absolute Gasteiger partial charge is 0.394 e. The second-order valence-corrected chi connectivity index (χ2v) is 4.94. The first-order valence-electron chi connectivity index (χ1n) is 5.17. The molecule has 0 bridgehead atoms. The molecular weight excluding hydrogens is 275 g/mol. The maximum absolute atomic E-state index is 13.7. The van der Waals surface area contributed by atoms with Gasteiger partial charge >= 0.3 is 0 Å². The highest BCUT2D eigenvalue weighted by atomic mass is 79.9. The number of aryl methyl sites for hydroxylation is 1. The van der Waals surface area contributed by atoms with E-state index in [0.717, 1.165) is 24.2 Å². The van der Waals surface area contributed by atoms with E-state index in [2.05, 4.69) is 20.9 Å². The first-order valence-corrected chi connectivity index (χ1v) is 5.96. The zero-order chi connectivity index (χ0) is 11.3. The van der Waals surface area contributed by atoms with Crippen molar-refractivity contribution in [3.05, 3.63) is 28.2 Å². The summed E-state index contributed by atoms with van der Waals surface area (Å²) in [5.74, 6) is 0.550. The van der Waals surface area contributed by atoms with Gasteiger partial charge in [-0.15, -0.1) is 0 Å². The molecule has 2 aromatic rings. The molecule has 1 aliphatic heterocycles. The summed E-state index contributed by atoms with van der Waals surface area (Å²) in [6.07, 6.45) is 1.68. The molecule has 0 aliphatic carbocycles. The number of aromatic nitrogens is 2. The lowest BCUT2D eigenvalue weighted by atomic mass is 10.2. The molecule has 1 N–H and O–H groups in total. The van der Waals surface area contributed by atoms with Gasteiger partial charge in [-0.1, -0.05) is 15.9 Å². The van der Waals surface area contributed by atoms with Crippen LogP contribution >= 0.6 is 15.9 Å². The molecule has 16 heavy (non-hydrogen) atoms. The van der Waals surface area contributed by atoms with Crippen molar-refractivity contribution < 1.29 is 9.50 Å². The number of imidazole rings is 1. The molecule has 84 valence electrons. The van der Waals surface area contributed by atoms with E-state index in [9.17, 15) is 9.50 Å². The fourth-order valence-electron chi connectivity index (χ4n) is 2.35. The Morgan fingerprint density at radius 1 is 1.56 bits per heavy atom. The third-order valence-corrected chi connectivity index (χ3v) is 3.52. The summed E-state index contributed by atoms with van der Waals surface area (Å²) in [4.78, 5) is 4.29. The summed E-state index contributed by atoms with van der Waals surface area (Å²) in [6, 6.07) is 3.30. The highest BCUT2D eigenvalue weighted by Gasteiger charge is 2.26. The van der Waals surface area contributed by atoms with E-state index in [0.29, 0.717) is 9.99 Å². The van der Waals surface area contributed by atoms with Gasteiger partial charge in [0.2, 0.25) is 0 Å². The van der Waals surface area contributed by atoms with Gasteiger partial charge in [-0.25, -0.2) is 9.37 Å². The normalized spacial score (nSPS) is 19.3. The average molecular weight is 285 g/mol. The summed E-state index contributed by atoms with van der Waals surface area (Å²) in [5.41, 5.74) is 1.16. The van der Waals surface area contributed by atoms with Crippen molar-refractivity contribution in [2.24, 2.45) is 0 Å². The fourth-order valence-corrected chi connectivity index (χ4v) is 2.77. The molecular formula is C11H10BrFN2O. The van der Waals surface area contributed by atoms with Gasteiger partial charge in [0.05, 0.1) is 18.2 Å². The topological polar surface area (TPSA) is 38.1 Å². The minimum Gasteiger partial charge on any atom is -0.394 e. The number of nitrogens with zero attached hydrogens (tertiary/aromatic N) is 2. The van der Waals surface area contributed by atoms with Crippen LogP contribution < -0.4 is 0 Å². The van der Waals surface area contributed by atoms with Gasteiger partial charge in [-0.3, -0.25) is 0 Å².